The van der Waals surface area contributed by atoms with E-state index in [2.05, 4.69) is 70.1 Å². The highest BCUT2D eigenvalue weighted by Gasteiger charge is 2.42. The average molecular weight is 540 g/mol. The predicted octanol–water partition coefficient (Wildman–Crippen LogP) is 5.81. The van der Waals surface area contributed by atoms with Crippen LogP contribution in [-0.4, -0.2) is 39.1 Å². The molecule has 8 heteroatoms. The molecule has 4 aromatic rings. The van der Waals surface area contributed by atoms with Crippen LogP contribution in [0, 0.1) is 20.8 Å². The minimum Gasteiger partial charge on any atom is -0.495 e. The van der Waals surface area contributed by atoms with Gasteiger partial charge in [0.1, 0.15) is 5.75 Å². The number of aromatic nitrogens is 2. The topological polar surface area (TPSA) is 71.4 Å². The molecule has 0 saturated carbocycles. The van der Waals surface area contributed by atoms with Gasteiger partial charge in [0, 0.05) is 41.8 Å². The molecule has 2 atom stereocenters. The fourth-order valence-corrected chi connectivity index (χ4v) is 5.88. The van der Waals surface area contributed by atoms with Crippen molar-refractivity contribution in [2.45, 2.75) is 39.3 Å². The standard InChI is InChI=1S/C31H33N5O2S/c1-20-21(2)36(23-12-6-5-7-13-23)22(3)28(20)30-29(25-15-10-11-18-32-25)34-31(39)35(30)19-17-27(37)33-24-14-8-9-16-26(24)38-4/h5-16,18,29-30H,17,19H2,1-4H3,(H,33,37)(H,34,39). The molecule has 2 N–H and O–H groups in total. The molecule has 1 saturated heterocycles. The van der Waals surface area contributed by atoms with Gasteiger partial charge in [-0.05, 0) is 75.0 Å². The molecule has 1 amide bonds. The number of methoxy groups -OCH3 is 1. The molecule has 2 aromatic heterocycles. The highest BCUT2D eigenvalue weighted by molar-refractivity contribution is 7.80. The van der Waals surface area contributed by atoms with Crippen LogP contribution in [-0.2, 0) is 4.79 Å². The molecular formula is C31H33N5O2S. The summed E-state index contributed by atoms with van der Waals surface area (Å²) in [4.78, 5) is 19.9. The number of anilines is 1. The number of carbonyl (C=O) groups excluding carboxylic acids is 1. The summed E-state index contributed by atoms with van der Waals surface area (Å²) < 4.78 is 7.69. The second-order valence-corrected chi connectivity index (χ2v) is 10.1. The molecule has 5 rings (SSSR count). The third-order valence-corrected chi connectivity index (χ3v) is 7.83. The largest absolute Gasteiger partial charge is 0.495 e. The summed E-state index contributed by atoms with van der Waals surface area (Å²) in [5.74, 6) is 0.523. The smallest absolute Gasteiger partial charge is 0.226 e. The number of carbonyl (C=O) groups is 1. The van der Waals surface area contributed by atoms with Gasteiger partial charge >= 0.3 is 0 Å². The van der Waals surface area contributed by atoms with Crippen molar-refractivity contribution in [1.82, 2.24) is 19.8 Å². The van der Waals surface area contributed by atoms with E-state index in [1.807, 2.05) is 48.5 Å². The summed E-state index contributed by atoms with van der Waals surface area (Å²) in [6.07, 6.45) is 2.07. The van der Waals surface area contributed by atoms with Crippen molar-refractivity contribution in [3.8, 4) is 11.4 Å². The normalized spacial score (nSPS) is 16.7. The molecule has 7 nitrogen and oxygen atoms in total. The number of rotatable bonds is 8. The summed E-state index contributed by atoms with van der Waals surface area (Å²) in [5, 5.41) is 7.12. The Hall–Kier alpha value is -4.17. The minimum absolute atomic E-state index is 0.103. The molecular weight excluding hydrogens is 506 g/mol. The molecule has 2 aromatic carbocycles. The van der Waals surface area contributed by atoms with Crippen molar-refractivity contribution in [3.05, 3.63) is 107 Å². The van der Waals surface area contributed by atoms with Crippen LogP contribution in [0.4, 0.5) is 5.69 Å². The third kappa shape index (κ3) is 5.12. The lowest BCUT2D eigenvalue weighted by Gasteiger charge is -2.29. The summed E-state index contributed by atoms with van der Waals surface area (Å²) in [7, 11) is 1.59. The molecule has 0 radical (unpaired) electrons. The number of nitrogens with one attached hydrogen (secondary N) is 2. The highest BCUT2D eigenvalue weighted by Crippen LogP contribution is 2.43. The van der Waals surface area contributed by atoms with Crippen LogP contribution >= 0.6 is 12.2 Å². The van der Waals surface area contributed by atoms with Gasteiger partial charge in [0.2, 0.25) is 5.91 Å². The van der Waals surface area contributed by atoms with Crippen molar-refractivity contribution >= 4 is 28.9 Å². The Morgan fingerprint density at radius 1 is 1.00 bits per heavy atom. The van der Waals surface area contributed by atoms with Crippen LogP contribution in [0.25, 0.3) is 5.69 Å². The maximum atomic E-state index is 13.0. The Morgan fingerprint density at radius 3 is 2.44 bits per heavy atom. The van der Waals surface area contributed by atoms with Gasteiger partial charge in [0.05, 0.1) is 30.6 Å². The first-order valence-corrected chi connectivity index (χ1v) is 13.5. The first kappa shape index (κ1) is 26.4. The molecule has 3 heterocycles. The second-order valence-electron chi connectivity index (χ2n) is 9.70. The van der Waals surface area contributed by atoms with E-state index in [0.29, 0.717) is 23.1 Å². The molecule has 1 aliphatic heterocycles. The Morgan fingerprint density at radius 2 is 1.72 bits per heavy atom. The van der Waals surface area contributed by atoms with Crippen molar-refractivity contribution in [3.63, 3.8) is 0 Å². The average Bonchev–Trinajstić information content (AvgIpc) is 3.39. The lowest BCUT2D eigenvalue weighted by atomic mass is 9.93. The molecule has 0 spiro atoms. The lowest BCUT2D eigenvalue weighted by molar-refractivity contribution is -0.116. The fourth-order valence-electron chi connectivity index (χ4n) is 5.55. The molecule has 0 aliphatic carbocycles. The zero-order valence-corrected chi connectivity index (χ0v) is 23.5. The zero-order chi connectivity index (χ0) is 27.5. The molecule has 1 aliphatic rings. The van der Waals surface area contributed by atoms with Crippen LogP contribution in [0.5, 0.6) is 5.75 Å². The summed E-state index contributed by atoms with van der Waals surface area (Å²) in [5.41, 5.74) is 7.42. The number of hydrogen-bond acceptors (Lipinski definition) is 4. The van der Waals surface area contributed by atoms with Gasteiger partial charge in [-0.1, -0.05) is 36.4 Å². The van der Waals surface area contributed by atoms with Gasteiger partial charge in [0.15, 0.2) is 5.11 Å². The molecule has 1 fully saturated rings. The van der Waals surface area contributed by atoms with E-state index in [-0.39, 0.29) is 24.4 Å². The van der Waals surface area contributed by atoms with Gasteiger partial charge in [0.25, 0.3) is 0 Å². The van der Waals surface area contributed by atoms with E-state index in [1.54, 1.807) is 13.3 Å². The highest BCUT2D eigenvalue weighted by atomic mass is 32.1. The number of nitrogens with zero attached hydrogens (tertiary/aromatic N) is 3. The number of thiocarbonyl (C=S) groups is 1. The Labute approximate surface area is 234 Å². The first-order valence-electron chi connectivity index (χ1n) is 13.1. The number of benzene rings is 2. The Kier molecular flexibility index (Phi) is 7.65. The monoisotopic (exact) mass is 539 g/mol. The number of para-hydroxylation sites is 3. The second kappa shape index (κ2) is 11.3. The molecule has 0 bridgehead atoms. The van der Waals surface area contributed by atoms with E-state index < -0.39 is 0 Å². The van der Waals surface area contributed by atoms with Crippen molar-refractivity contribution in [2.24, 2.45) is 0 Å². The minimum atomic E-state index is -0.153. The number of amides is 1. The molecule has 39 heavy (non-hydrogen) atoms. The fraction of sp³-hybridized carbons (Fsp3) is 0.258. The van der Waals surface area contributed by atoms with Crippen molar-refractivity contribution in [1.29, 1.82) is 0 Å². The zero-order valence-electron chi connectivity index (χ0n) is 22.6. The van der Waals surface area contributed by atoms with Gasteiger partial charge in [-0.2, -0.15) is 0 Å². The van der Waals surface area contributed by atoms with E-state index in [0.717, 1.165) is 17.1 Å². The van der Waals surface area contributed by atoms with Crippen LogP contribution in [0.3, 0.4) is 0 Å². The Bertz CT molecular complexity index is 1490. The van der Waals surface area contributed by atoms with Crippen LogP contribution in [0.1, 0.15) is 46.7 Å². The van der Waals surface area contributed by atoms with E-state index in [1.165, 1.54) is 16.8 Å². The molecule has 200 valence electrons. The van der Waals surface area contributed by atoms with Crippen LogP contribution < -0.4 is 15.4 Å². The van der Waals surface area contributed by atoms with Crippen LogP contribution in [0.2, 0.25) is 0 Å². The maximum Gasteiger partial charge on any atom is 0.226 e. The first-order chi connectivity index (χ1) is 18.9. The maximum absolute atomic E-state index is 13.0. The van der Waals surface area contributed by atoms with Gasteiger partial charge < -0.3 is 24.8 Å². The summed E-state index contributed by atoms with van der Waals surface area (Å²) >= 11 is 5.86. The lowest BCUT2D eigenvalue weighted by Crippen LogP contribution is -2.33. The van der Waals surface area contributed by atoms with E-state index in [4.69, 9.17) is 17.0 Å². The number of hydrogen-bond donors (Lipinski definition) is 2. The van der Waals surface area contributed by atoms with Crippen molar-refractivity contribution < 1.29 is 9.53 Å². The number of ether oxygens (including phenoxy) is 1. The van der Waals surface area contributed by atoms with Crippen molar-refractivity contribution in [2.75, 3.05) is 19.0 Å². The van der Waals surface area contributed by atoms with E-state index in [9.17, 15) is 4.79 Å². The summed E-state index contributed by atoms with van der Waals surface area (Å²) in [6, 6.07) is 23.4. The van der Waals surface area contributed by atoms with E-state index >= 15 is 0 Å². The quantitative estimate of drug-likeness (QED) is 0.276. The summed E-state index contributed by atoms with van der Waals surface area (Å²) in [6.45, 7) is 6.93. The van der Waals surface area contributed by atoms with Crippen LogP contribution in [0.15, 0.2) is 79.0 Å². The number of pyridine rings is 1. The van der Waals surface area contributed by atoms with Gasteiger partial charge in [-0.15, -0.1) is 0 Å². The predicted molar refractivity (Wildman–Crippen MR) is 158 cm³/mol. The van der Waals surface area contributed by atoms with Gasteiger partial charge in [-0.25, -0.2) is 0 Å². The molecule has 2 unspecified atom stereocenters. The Balaban J connectivity index is 1.49. The SMILES string of the molecule is COc1ccccc1NC(=O)CCN1C(=S)NC(c2ccccn2)C1c1c(C)c(C)n(-c2ccccc2)c1C. The third-order valence-electron chi connectivity index (χ3n) is 7.48. The van der Waals surface area contributed by atoms with Gasteiger partial charge in [-0.3, -0.25) is 9.78 Å².